The molecule has 5 heteroatoms. The van der Waals surface area contributed by atoms with E-state index in [-0.39, 0.29) is 12.7 Å². The Morgan fingerprint density at radius 2 is 2.15 bits per heavy atom. The molecular weight excluding hydrogens is 256 g/mol. The average molecular weight is 274 g/mol. The summed E-state index contributed by atoms with van der Waals surface area (Å²) in [6.45, 7) is 0.288. The summed E-state index contributed by atoms with van der Waals surface area (Å²) in [4.78, 5) is 4.07. The minimum atomic E-state index is -0.294. The first kappa shape index (κ1) is 14.3. The fourth-order valence-corrected chi connectivity index (χ4v) is 1.88. The molecule has 20 heavy (non-hydrogen) atoms. The number of pyridine rings is 1. The summed E-state index contributed by atoms with van der Waals surface area (Å²) < 4.78 is 11.2. The molecule has 0 fully saturated rings. The Hall–Kier alpha value is -2.11. The van der Waals surface area contributed by atoms with Gasteiger partial charge in [-0.1, -0.05) is 12.1 Å². The number of benzene rings is 1. The van der Waals surface area contributed by atoms with E-state index in [4.69, 9.17) is 20.3 Å². The van der Waals surface area contributed by atoms with E-state index in [0.29, 0.717) is 18.0 Å². The zero-order valence-electron chi connectivity index (χ0n) is 11.3. The maximum atomic E-state index is 9.13. The van der Waals surface area contributed by atoms with Crippen LogP contribution in [0.15, 0.2) is 42.7 Å². The molecular formula is C15H18N2O3. The first-order valence-electron chi connectivity index (χ1n) is 6.33. The zero-order chi connectivity index (χ0) is 14.4. The van der Waals surface area contributed by atoms with E-state index in [1.165, 1.54) is 0 Å². The van der Waals surface area contributed by atoms with Gasteiger partial charge in [-0.3, -0.25) is 4.98 Å². The molecule has 2 rings (SSSR count). The number of rotatable bonds is 6. The predicted octanol–water partition coefficient (Wildman–Crippen LogP) is 1.66. The van der Waals surface area contributed by atoms with Crippen LogP contribution in [0, 0.1) is 0 Å². The topological polar surface area (TPSA) is 77.6 Å². The highest BCUT2D eigenvalue weighted by atomic mass is 16.5. The van der Waals surface area contributed by atoms with Crippen LogP contribution < -0.4 is 15.2 Å². The number of aromatic nitrogens is 1. The second kappa shape index (κ2) is 6.88. The van der Waals surface area contributed by atoms with Crippen LogP contribution >= 0.6 is 0 Å². The van der Waals surface area contributed by atoms with Gasteiger partial charge in [-0.05, 0) is 23.8 Å². The fourth-order valence-electron chi connectivity index (χ4n) is 1.88. The van der Waals surface area contributed by atoms with E-state index < -0.39 is 0 Å². The van der Waals surface area contributed by atoms with Crippen LogP contribution in [0.1, 0.15) is 17.2 Å². The molecule has 2 aromatic rings. The molecule has 1 aromatic heterocycles. The van der Waals surface area contributed by atoms with Gasteiger partial charge in [-0.25, -0.2) is 0 Å². The van der Waals surface area contributed by atoms with E-state index in [2.05, 4.69) is 4.98 Å². The van der Waals surface area contributed by atoms with Crippen LogP contribution in [-0.4, -0.2) is 23.7 Å². The summed E-state index contributed by atoms with van der Waals surface area (Å²) in [7, 11) is 1.56. The number of aliphatic hydroxyl groups excluding tert-OH is 1. The van der Waals surface area contributed by atoms with Crippen molar-refractivity contribution >= 4 is 0 Å². The molecule has 5 nitrogen and oxygen atoms in total. The molecule has 0 aliphatic heterocycles. The van der Waals surface area contributed by atoms with E-state index in [0.717, 1.165) is 11.1 Å². The lowest BCUT2D eigenvalue weighted by Gasteiger charge is -2.19. The van der Waals surface area contributed by atoms with Gasteiger partial charge in [0.1, 0.15) is 6.10 Å². The van der Waals surface area contributed by atoms with Crippen LogP contribution in [0.25, 0.3) is 0 Å². The molecule has 0 aliphatic rings. The molecule has 0 saturated carbocycles. The standard InChI is InChI=1S/C15H18N2O3/c1-19-14-7-11(10-18)4-5-13(14)20-15(8-16)12-3-2-6-17-9-12/h2-7,9,15,18H,8,10,16H2,1H3. The lowest BCUT2D eigenvalue weighted by Crippen LogP contribution is -2.18. The van der Waals surface area contributed by atoms with Gasteiger partial charge in [0.25, 0.3) is 0 Å². The molecule has 0 amide bonds. The van der Waals surface area contributed by atoms with Crippen molar-refractivity contribution in [2.45, 2.75) is 12.7 Å². The Bertz CT molecular complexity index is 546. The molecule has 1 aromatic carbocycles. The summed E-state index contributed by atoms with van der Waals surface area (Å²) in [5.41, 5.74) is 7.44. The number of hydrogen-bond donors (Lipinski definition) is 2. The normalized spacial score (nSPS) is 11.9. The van der Waals surface area contributed by atoms with Crippen LogP contribution in [0.2, 0.25) is 0 Å². The van der Waals surface area contributed by atoms with Crippen molar-refractivity contribution < 1.29 is 14.6 Å². The van der Waals surface area contributed by atoms with Gasteiger partial charge >= 0.3 is 0 Å². The molecule has 0 bridgehead atoms. The molecule has 1 heterocycles. The van der Waals surface area contributed by atoms with Crippen molar-refractivity contribution in [3.63, 3.8) is 0 Å². The molecule has 1 atom stereocenters. The average Bonchev–Trinajstić information content (AvgIpc) is 2.53. The minimum Gasteiger partial charge on any atom is -0.493 e. The van der Waals surface area contributed by atoms with Crippen molar-refractivity contribution in [3.05, 3.63) is 53.9 Å². The van der Waals surface area contributed by atoms with E-state index in [1.54, 1.807) is 37.7 Å². The monoisotopic (exact) mass is 274 g/mol. The van der Waals surface area contributed by atoms with Gasteiger partial charge in [0.15, 0.2) is 11.5 Å². The van der Waals surface area contributed by atoms with E-state index in [9.17, 15) is 0 Å². The molecule has 0 radical (unpaired) electrons. The first-order chi connectivity index (χ1) is 9.78. The first-order valence-corrected chi connectivity index (χ1v) is 6.33. The van der Waals surface area contributed by atoms with Gasteiger partial charge in [0.05, 0.1) is 13.7 Å². The Balaban J connectivity index is 2.23. The molecule has 106 valence electrons. The third-order valence-corrected chi connectivity index (χ3v) is 2.95. The van der Waals surface area contributed by atoms with Crippen molar-refractivity contribution in [1.82, 2.24) is 4.98 Å². The summed E-state index contributed by atoms with van der Waals surface area (Å²) in [6.07, 6.45) is 3.14. The van der Waals surface area contributed by atoms with Crippen LogP contribution in [0.4, 0.5) is 0 Å². The maximum Gasteiger partial charge on any atom is 0.162 e. The Morgan fingerprint density at radius 1 is 1.30 bits per heavy atom. The summed E-state index contributed by atoms with van der Waals surface area (Å²) in [6, 6.07) is 9.05. The molecule has 1 unspecified atom stereocenters. The zero-order valence-corrected chi connectivity index (χ0v) is 11.3. The van der Waals surface area contributed by atoms with E-state index in [1.807, 2.05) is 12.1 Å². The fraction of sp³-hybridized carbons (Fsp3) is 0.267. The summed E-state index contributed by atoms with van der Waals surface area (Å²) in [5.74, 6) is 1.16. The Morgan fingerprint density at radius 3 is 2.75 bits per heavy atom. The van der Waals surface area contributed by atoms with Crippen LogP contribution in [-0.2, 0) is 6.61 Å². The van der Waals surface area contributed by atoms with Gasteiger partial charge < -0.3 is 20.3 Å². The van der Waals surface area contributed by atoms with Gasteiger partial charge in [0.2, 0.25) is 0 Å². The molecule has 0 saturated heterocycles. The van der Waals surface area contributed by atoms with Crippen LogP contribution in [0.5, 0.6) is 11.5 Å². The summed E-state index contributed by atoms with van der Waals surface area (Å²) >= 11 is 0. The van der Waals surface area contributed by atoms with Gasteiger partial charge in [-0.15, -0.1) is 0 Å². The number of nitrogens with zero attached hydrogens (tertiary/aromatic N) is 1. The smallest absolute Gasteiger partial charge is 0.162 e. The molecule has 0 aliphatic carbocycles. The molecule has 3 N–H and O–H groups in total. The minimum absolute atomic E-state index is 0.0421. The quantitative estimate of drug-likeness (QED) is 0.837. The number of ether oxygens (including phenoxy) is 2. The number of methoxy groups -OCH3 is 1. The SMILES string of the molecule is COc1cc(CO)ccc1OC(CN)c1cccnc1. The number of aliphatic hydroxyl groups is 1. The second-order valence-corrected chi connectivity index (χ2v) is 4.27. The highest BCUT2D eigenvalue weighted by Gasteiger charge is 2.14. The third-order valence-electron chi connectivity index (χ3n) is 2.95. The maximum absolute atomic E-state index is 9.13. The third kappa shape index (κ3) is 3.26. The van der Waals surface area contributed by atoms with Gasteiger partial charge in [0, 0.05) is 24.5 Å². The van der Waals surface area contributed by atoms with E-state index >= 15 is 0 Å². The number of nitrogens with two attached hydrogens (primary N) is 1. The highest BCUT2D eigenvalue weighted by Crippen LogP contribution is 2.31. The summed E-state index contributed by atoms with van der Waals surface area (Å²) in [5, 5.41) is 9.13. The van der Waals surface area contributed by atoms with Crippen molar-refractivity contribution in [2.24, 2.45) is 5.73 Å². The predicted molar refractivity (Wildman–Crippen MR) is 75.6 cm³/mol. The molecule has 0 spiro atoms. The highest BCUT2D eigenvalue weighted by molar-refractivity contribution is 5.43. The lowest BCUT2D eigenvalue weighted by atomic mass is 10.1. The lowest BCUT2D eigenvalue weighted by molar-refractivity contribution is 0.203. The van der Waals surface area contributed by atoms with Crippen molar-refractivity contribution in [1.29, 1.82) is 0 Å². The Kier molecular flexibility index (Phi) is 4.92. The van der Waals surface area contributed by atoms with Crippen molar-refractivity contribution in [2.75, 3.05) is 13.7 Å². The van der Waals surface area contributed by atoms with Gasteiger partial charge in [-0.2, -0.15) is 0 Å². The largest absolute Gasteiger partial charge is 0.493 e. The Labute approximate surface area is 118 Å². The van der Waals surface area contributed by atoms with Crippen LogP contribution in [0.3, 0.4) is 0 Å². The number of hydrogen-bond acceptors (Lipinski definition) is 5. The second-order valence-electron chi connectivity index (χ2n) is 4.27. The van der Waals surface area contributed by atoms with Crippen molar-refractivity contribution in [3.8, 4) is 11.5 Å².